The first-order valence-electron chi connectivity index (χ1n) is 8.83. The van der Waals surface area contributed by atoms with Crippen LogP contribution in [0.3, 0.4) is 0 Å². The summed E-state index contributed by atoms with van der Waals surface area (Å²) in [6.07, 6.45) is 0. The van der Waals surface area contributed by atoms with Gasteiger partial charge in [0.2, 0.25) is 5.56 Å². The highest BCUT2D eigenvalue weighted by molar-refractivity contribution is 5.92. The van der Waals surface area contributed by atoms with E-state index in [0.29, 0.717) is 24.8 Å². The van der Waals surface area contributed by atoms with Gasteiger partial charge in [-0.05, 0) is 30.3 Å². The van der Waals surface area contributed by atoms with Crippen LogP contribution in [0.4, 0.5) is 10.1 Å². The number of anilines is 1. The van der Waals surface area contributed by atoms with Crippen LogP contribution >= 0.6 is 0 Å². The minimum Gasteiger partial charge on any atom is -0.369 e. The van der Waals surface area contributed by atoms with Crippen LogP contribution in [0.1, 0.15) is 10.5 Å². The van der Waals surface area contributed by atoms with E-state index in [1.165, 1.54) is 18.2 Å². The van der Waals surface area contributed by atoms with E-state index in [2.05, 4.69) is 14.8 Å². The molecule has 26 heavy (non-hydrogen) atoms. The van der Waals surface area contributed by atoms with Gasteiger partial charge in [0.25, 0.3) is 5.91 Å². The van der Waals surface area contributed by atoms with Gasteiger partial charge in [0.15, 0.2) is 0 Å². The van der Waals surface area contributed by atoms with E-state index in [9.17, 15) is 14.0 Å². The van der Waals surface area contributed by atoms with Gasteiger partial charge in [-0.3, -0.25) is 14.5 Å². The standard InChI is InChI=1S/C19H21FN4O2/c20-14-4-6-15(7-5-14)22-8-10-23(11-9-22)16-12-24(13-16)19(26)17-2-1-3-18(25)21-17/h1-7,16H,8-13H2,(H,21,25). The van der Waals surface area contributed by atoms with E-state index in [1.807, 2.05) is 12.1 Å². The first kappa shape index (κ1) is 16.8. The molecule has 0 saturated carbocycles. The maximum Gasteiger partial charge on any atom is 0.270 e. The number of hydrogen-bond acceptors (Lipinski definition) is 4. The van der Waals surface area contributed by atoms with Crippen molar-refractivity contribution in [2.24, 2.45) is 0 Å². The third-order valence-electron chi connectivity index (χ3n) is 5.17. The van der Waals surface area contributed by atoms with Crippen molar-refractivity contribution in [2.45, 2.75) is 6.04 Å². The molecular formula is C19H21FN4O2. The molecule has 2 saturated heterocycles. The molecule has 0 aliphatic carbocycles. The Morgan fingerprint density at radius 1 is 1.00 bits per heavy atom. The summed E-state index contributed by atoms with van der Waals surface area (Å²) < 4.78 is 13.0. The van der Waals surface area contributed by atoms with Gasteiger partial charge >= 0.3 is 0 Å². The first-order chi connectivity index (χ1) is 12.6. The number of likely N-dealkylation sites (tertiary alicyclic amines) is 1. The molecule has 0 bridgehead atoms. The lowest BCUT2D eigenvalue weighted by atomic mass is 10.0. The molecule has 4 rings (SSSR count). The Balaban J connectivity index is 1.28. The maximum atomic E-state index is 13.0. The summed E-state index contributed by atoms with van der Waals surface area (Å²) in [6.45, 7) is 5.00. The molecule has 0 unspecified atom stereocenters. The molecule has 2 aliphatic rings. The highest BCUT2D eigenvalue weighted by Crippen LogP contribution is 2.21. The number of aromatic nitrogens is 1. The Morgan fingerprint density at radius 2 is 1.69 bits per heavy atom. The Morgan fingerprint density at radius 3 is 2.35 bits per heavy atom. The second-order valence-electron chi connectivity index (χ2n) is 6.79. The smallest absolute Gasteiger partial charge is 0.270 e. The fourth-order valence-electron chi connectivity index (χ4n) is 3.59. The maximum absolute atomic E-state index is 13.0. The predicted octanol–water partition coefficient (Wildman–Crippen LogP) is 1.16. The van der Waals surface area contributed by atoms with Crippen LogP contribution in [0.2, 0.25) is 0 Å². The summed E-state index contributed by atoms with van der Waals surface area (Å²) in [6, 6.07) is 11.6. The van der Waals surface area contributed by atoms with Gasteiger partial charge in [0, 0.05) is 57.1 Å². The molecule has 1 N–H and O–H groups in total. The number of nitrogens with zero attached hydrogens (tertiary/aromatic N) is 3. The topological polar surface area (TPSA) is 59.7 Å². The van der Waals surface area contributed by atoms with E-state index in [1.54, 1.807) is 17.0 Å². The number of pyridine rings is 1. The van der Waals surface area contributed by atoms with Gasteiger partial charge in [-0.15, -0.1) is 0 Å². The van der Waals surface area contributed by atoms with Crippen molar-refractivity contribution in [3.05, 3.63) is 64.3 Å². The van der Waals surface area contributed by atoms with Crippen molar-refractivity contribution in [2.75, 3.05) is 44.2 Å². The van der Waals surface area contributed by atoms with Gasteiger partial charge in [-0.1, -0.05) is 6.07 Å². The third kappa shape index (κ3) is 3.35. The van der Waals surface area contributed by atoms with Gasteiger partial charge < -0.3 is 14.8 Å². The molecular weight excluding hydrogens is 335 g/mol. The molecule has 2 aromatic rings. The number of carbonyl (C=O) groups is 1. The molecule has 1 aromatic carbocycles. The highest BCUT2D eigenvalue weighted by Gasteiger charge is 2.36. The molecule has 3 heterocycles. The Hall–Kier alpha value is -2.67. The minimum atomic E-state index is -0.259. The van der Waals surface area contributed by atoms with Crippen molar-refractivity contribution < 1.29 is 9.18 Å². The molecule has 0 atom stereocenters. The molecule has 2 fully saturated rings. The molecule has 136 valence electrons. The number of aromatic amines is 1. The third-order valence-corrected chi connectivity index (χ3v) is 5.17. The molecule has 6 nitrogen and oxygen atoms in total. The van der Waals surface area contributed by atoms with Crippen molar-refractivity contribution in [1.29, 1.82) is 0 Å². The summed E-state index contributed by atoms with van der Waals surface area (Å²) in [4.78, 5) is 32.7. The van der Waals surface area contributed by atoms with Crippen LogP contribution in [0.15, 0.2) is 47.3 Å². The van der Waals surface area contributed by atoms with Crippen LogP contribution in [0, 0.1) is 5.82 Å². The molecule has 1 aromatic heterocycles. The summed E-state index contributed by atoms with van der Waals surface area (Å²) in [7, 11) is 0. The summed E-state index contributed by atoms with van der Waals surface area (Å²) in [5.41, 5.74) is 1.13. The van der Waals surface area contributed by atoms with Crippen LogP contribution in [0.25, 0.3) is 0 Å². The lowest BCUT2D eigenvalue weighted by molar-refractivity contribution is 0.0242. The summed E-state index contributed by atoms with van der Waals surface area (Å²) >= 11 is 0. The first-order valence-corrected chi connectivity index (χ1v) is 8.83. The molecule has 2 aliphatic heterocycles. The molecule has 1 amide bonds. The lowest BCUT2D eigenvalue weighted by Gasteiger charge is -2.48. The van der Waals surface area contributed by atoms with E-state index in [4.69, 9.17) is 0 Å². The van der Waals surface area contributed by atoms with Crippen LogP contribution in [-0.4, -0.2) is 66.0 Å². The molecule has 7 heteroatoms. The van der Waals surface area contributed by atoms with Crippen molar-refractivity contribution in [3.63, 3.8) is 0 Å². The SMILES string of the molecule is O=C(c1cccc(=O)[nH]1)N1CC(N2CCN(c3ccc(F)cc3)CC2)C1. The fourth-order valence-corrected chi connectivity index (χ4v) is 3.59. The molecule has 0 radical (unpaired) electrons. The van der Waals surface area contributed by atoms with Crippen molar-refractivity contribution >= 4 is 11.6 Å². The monoisotopic (exact) mass is 356 g/mol. The van der Waals surface area contributed by atoms with E-state index in [-0.39, 0.29) is 17.3 Å². The fraction of sp³-hybridized carbons (Fsp3) is 0.368. The lowest BCUT2D eigenvalue weighted by Crippen LogP contribution is -2.64. The Bertz CT molecular complexity index is 837. The largest absolute Gasteiger partial charge is 0.369 e. The van der Waals surface area contributed by atoms with Crippen molar-refractivity contribution in [3.8, 4) is 0 Å². The average molecular weight is 356 g/mol. The number of benzene rings is 1. The highest BCUT2D eigenvalue weighted by atomic mass is 19.1. The van der Waals surface area contributed by atoms with E-state index >= 15 is 0 Å². The number of halogens is 1. The number of piperazine rings is 1. The number of carbonyl (C=O) groups excluding carboxylic acids is 1. The van der Waals surface area contributed by atoms with Crippen molar-refractivity contribution in [1.82, 2.24) is 14.8 Å². The Labute approximate surface area is 150 Å². The van der Waals surface area contributed by atoms with E-state index < -0.39 is 0 Å². The summed E-state index contributed by atoms with van der Waals surface area (Å²) in [5.74, 6) is -0.338. The van der Waals surface area contributed by atoms with Gasteiger partial charge in [0.05, 0.1) is 0 Å². The zero-order chi connectivity index (χ0) is 18.1. The van der Waals surface area contributed by atoms with Crippen LogP contribution in [0.5, 0.6) is 0 Å². The second kappa shape index (κ2) is 6.92. The number of rotatable bonds is 3. The van der Waals surface area contributed by atoms with Crippen LogP contribution < -0.4 is 10.5 Å². The number of H-pyrrole nitrogens is 1. The van der Waals surface area contributed by atoms with Gasteiger partial charge in [0.1, 0.15) is 11.5 Å². The molecule has 0 spiro atoms. The zero-order valence-corrected chi connectivity index (χ0v) is 14.4. The quantitative estimate of drug-likeness (QED) is 0.897. The van der Waals surface area contributed by atoms with E-state index in [0.717, 1.165) is 31.9 Å². The average Bonchev–Trinajstić information content (AvgIpc) is 2.62. The number of nitrogens with one attached hydrogen (secondary N) is 1. The van der Waals surface area contributed by atoms with Crippen LogP contribution in [-0.2, 0) is 0 Å². The van der Waals surface area contributed by atoms with Gasteiger partial charge in [-0.2, -0.15) is 0 Å². The zero-order valence-electron chi connectivity index (χ0n) is 14.4. The number of hydrogen-bond donors (Lipinski definition) is 1. The Kier molecular flexibility index (Phi) is 4.46. The predicted molar refractivity (Wildman–Crippen MR) is 96.9 cm³/mol. The minimum absolute atomic E-state index is 0.121. The normalized spacial score (nSPS) is 18.7. The summed E-state index contributed by atoms with van der Waals surface area (Å²) in [5, 5.41) is 0. The second-order valence-corrected chi connectivity index (χ2v) is 6.79. The number of amides is 1. The van der Waals surface area contributed by atoms with Gasteiger partial charge in [-0.25, -0.2) is 4.39 Å².